The molecule has 0 aromatic heterocycles. The lowest BCUT2D eigenvalue weighted by Gasteiger charge is -2.35. The summed E-state index contributed by atoms with van der Waals surface area (Å²) in [6.07, 6.45) is 3.48. The maximum absolute atomic E-state index is 12.3. The zero-order chi connectivity index (χ0) is 16.8. The fourth-order valence-electron chi connectivity index (χ4n) is 2.83. The molecule has 1 saturated carbocycles. The summed E-state index contributed by atoms with van der Waals surface area (Å²) in [6.45, 7) is 4.25. The van der Waals surface area contributed by atoms with Gasteiger partial charge in [0.15, 0.2) is 0 Å². The van der Waals surface area contributed by atoms with Crippen molar-refractivity contribution in [1.82, 2.24) is 15.5 Å². The number of urea groups is 1. The fraction of sp³-hybridized carbons (Fsp3) is 0.556. The van der Waals surface area contributed by atoms with Crippen molar-refractivity contribution < 1.29 is 9.59 Å². The van der Waals surface area contributed by atoms with E-state index in [-0.39, 0.29) is 18.0 Å². The molecule has 3 amide bonds. The predicted octanol–water partition coefficient (Wildman–Crippen LogP) is 2.69. The lowest BCUT2D eigenvalue weighted by Crippen LogP contribution is -2.50. The third-order valence-corrected chi connectivity index (χ3v) is 4.64. The van der Waals surface area contributed by atoms with Crippen LogP contribution in [0.1, 0.15) is 44.7 Å². The van der Waals surface area contributed by atoms with E-state index in [0.29, 0.717) is 12.5 Å². The molecule has 1 fully saturated rings. The normalized spacial score (nSPS) is 16.8. The van der Waals surface area contributed by atoms with Crippen LogP contribution in [0.2, 0.25) is 0 Å². The molecule has 126 valence electrons. The molecule has 2 atom stereocenters. The lowest BCUT2D eigenvalue weighted by atomic mass is 9.77. The van der Waals surface area contributed by atoms with Crippen molar-refractivity contribution in [3.63, 3.8) is 0 Å². The zero-order valence-electron chi connectivity index (χ0n) is 14.2. The summed E-state index contributed by atoms with van der Waals surface area (Å²) >= 11 is 0. The minimum atomic E-state index is -0.530. The molecule has 23 heavy (non-hydrogen) atoms. The van der Waals surface area contributed by atoms with Crippen LogP contribution in [-0.4, -0.2) is 36.5 Å². The Labute approximate surface area is 138 Å². The quantitative estimate of drug-likeness (QED) is 0.847. The van der Waals surface area contributed by atoms with Gasteiger partial charge in [0.2, 0.25) is 5.91 Å². The van der Waals surface area contributed by atoms with Crippen LogP contribution in [0, 0.1) is 5.92 Å². The van der Waals surface area contributed by atoms with E-state index in [2.05, 4.69) is 10.6 Å². The van der Waals surface area contributed by atoms with Gasteiger partial charge in [0.1, 0.15) is 6.04 Å². The molecular weight excluding hydrogens is 290 g/mol. The molecular formula is C18H27N3O2. The van der Waals surface area contributed by atoms with Gasteiger partial charge < -0.3 is 15.5 Å². The van der Waals surface area contributed by atoms with Crippen LogP contribution in [0.5, 0.6) is 0 Å². The van der Waals surface area contributed by atoms with E-state index in [4.69, 9.17) is 0 Å². The molecule has 1 aromatic rings. The Bertz CT molecular complexity index is 528. The highest BCUT2D eigenvalue weighted by Crippen LogP contribution is 2.37. The van der Waals surface area contributed by atoms with E-state index in [1.807, 2.05) is 37.3 Å². The van der Waals surface area contributed by atoms with Gasteiger partial charge in [-0.05, 0) is 38.2 Å². The smallest absolute Gasteiger partial charge is 0.315 e. The minimum Gasteiger partial charge on any atom is -0.344 e. The third-order valence-electron chi connectivity index (χ3n) is 4.64. The van der Waals surface area contributed by atoms with Gasteiger partial charge in [0, 0.05) is 13.6 Å². The number of nitrogens with zero attached hydrogens (tertiary/aromatic N) is 1. The van der Waals surface area contributed by atoms with Crippen LogP contribution < -0.4 is 10.6 Å². The maximum Gasteiger partial charge on any atom is 0.315 e. The van der Waals surface area contributed by atoms with Gasteiger partial charge in [-0.25, -0.2) is 4.79 Å². The van der Waals surface area contributed by atoms with Crippen molar-refractivity contribution >= 4 is 11.9 Å². The van der Waals surface area contributed by atoms with Gasteiger partial charge in [0.25, 0.3) is 0 Å². The van der Waals surface area contributed by atoms with Gasteiger partial charge in [-0.2, -0.15) is 0 Å². The van der Waals surface area contributed by atoms with E-state index in [1.54, 1.807) is 18.9 Å². The first kappa shape index (κ1) is 17.3. The SMILES string of the molecule is CCN(C)C(=O)[C@H](C)NC(=O)N[C@@H](c1ccccc1)C1CCC1. The van der Waals surface area contributed by atoms with Crippen molar-refractivity contribution in [3.05, 3.63) is 35.9 Å². The highest BCUT2D eigenvalue weighted by atomic mass is 16.2. The van der Waals surface area contributed by atoms with Crippen molar-refractivity contribution in [1.29, 1.82) is 0 Å². The molecule has 0 spiro atoms. The van der Waals surface area contributed by atoms with E-state index in [1.165, 1.54) is 6.42 Å². The fourth-order valence-corrected chi connectivity index (χ4v) is 2.83. The van der Waals surface area contributed by atoms with E-state index >= 15 is 0 Å². The Balaban J connectivity index is 1.97. The Kier molecular flexibility index (Phi) is 6.02. The highest BCUT2D eigenvalue weighted by molar-refractivity contribution is 5.86. The largest absolute Gasteiger partial charge is 0.344 e. The lowest BCUT2D eigenvalue weighted by molar-refractivity contribution is -0.131. The predicted molar refractivity (Wildman–Crippen MR) is 91.0 cm³/mol. The number of carbonyl (C=O) groups is 2. The summed E-state index contributed by atoms with van der Waals surface area (Å²) in [4.78, 5) is 26.0. The molecule has 1 aliphatic rings. The number of carbonyl (C=O) groups excluding carboxylic acids is 2. The minimum absolute atomic E-state index is 0.0103. The summed E-state index contributed by atoms with van der Waals surface area (Å²) in [5.41, 5.74) is 1.12. The number of amides is 3. The molecule has 2 N–H and O–H groups in total. The molecule has 1 aromatic carbocycles. The average molecular weight is 317 g/mol. The molecule has 0 aliphatic heterocycles. The number of rotatable bonds is 6. The zero-order valence-corrected chi connectivity index (χ0v) is 14.2. The second kappa shape index (κ2) is 7.99. The van der Waals surface area contributed by atoms with Crippen LogP contribution in [0.3, 0.4) is 0 Å². The van der Waals surface area contributed by atoms with Gasteiger partial charge in [0.05, 0.1) is 6.04 Å². The van der Waals surface area contributed by atoms with Gasteiger partial charge in [-0.15, -0.1) is 0 Å². The van der Waals surface area contributed by atoms with Crippen molar-refractivity contribution in [2.45, 2.75) is 45.2 Å². The standard InChI is InChI=1S/C18H27N3O2/c1-4-21(3)17(22)13(2)19-18(23)20-16(15-11-8-12-15)14-9-6-5-7-10-14/h5-7,9-10,13,15-16H,4,8,11-12H2,1-3H3,(H2,19,20,23)/t13-,16-/m0/s1. The first-order valence-electron chi connectivity index (χ1n) is 8.39. The van der Waals surface area contributed by atoms with Crippen LogP contribution in [-0.2, 0) is 4.79 Å². The first-order valence-corrected chi connectivity index (χ1v) is 8.39. The topological polar surface area (TPSA) is 61.4 Å². The molecule has 1 aliphatic carbocycles. The summed E-state index contributed by atoms with van der Waals surface area (Å²) in [7, 11) is 1.74. The molecule has 0 unspecified atom stereocenters. The first-order chi connectivity index (χ1) is 11.0. The van der Waals surface area contributed by atoms with Crippen molar-refractivity contribution in [2.75, 3.05) is 13.6 Å². The summed E-state index contributed by atoms with van der Waals surface area (Å²) < 4.78 is 0. The summed E-state index contributed by atoms with van der Waals surface area (Å²) in [5, 5.41) is 5.81. The second-order valence-electron chi connectivity index (χ2n) is 6.27. The number of hydrogen-bond acceptors (Lipinski definition) is 2. The average Bonchev–Trinajstić information content (AvgIpc) is 2.51. The molecule has 2 rings (SSSR count). The second-order valence-corrected chi connectivity index (χ2v) is 6.27. The highest BCUT2D eigenvalue weighted by Gasteiger charge is 2.30. The monoisotopic (exact) mass is 317 g/mol. The van der Waals surface area contributed by atoms with Crippen LogP contribution in [0.25, 0.3) is 0 Å². The Morgan fingerprint density at radius 2 is 1.87 bits per heavy atom. The summed E-state index contributed by atoms with van der Waals surface area (Å²) in [6, 6.07) is 9.24. The van der Waals surface area contributed by atoms with Crippen LogP contribution >= 0.6 is 0 Å². The number of benzene rings is 1. The van der Waals surface area contributed by atoms with Crippen LogP contribution in [0.15, 0.2) is 30.3 Å². The van der Waals surface area contributed by atoms with Crippen molar-refractivity contribution in [3.8, 4) is 0 Å². The van der Waals surface area contributed by atoms with E-state index in [9.17, 15) is 9.59 Å². The molecule has 5 heteroatoms. The van der Waals surface area contributed by atoms with Gasteiger partial charge in [-0.3, -0.25) is 4.79 Å². The Hall–Kier alpha value is -2.04. The van der Waals surface area contributed by atoms with Crippen molar-refractivity contribution in [2.24, 2.45) is 5.92 Å². The Morgan fingerprint density at radius 3 is 2.39 bits per heavy atom. The molecule has 0 radical (unpaired) electrons. The Morgan fingerprint density at radius 1 is 1.22 bits per heavy atom. The number of likely N-dealkylation sites (N-methyl/N-ethyl adjacent to an activating group) is 1. The number of hydrogen-bond donors (Lipinski definition) is 2. The van der Waals surface area contributed by atoms with E-state index < -0.39 is 6.04 Å². The van der Waals surface area contributed by atoms with Crippen LogP contribution in [0.4, 0.5) is 4.79 Å². The molecule has 0 heterocycles. The maximum atomic E-state index is 12.3. The van der Waals surface area contributed by atoms with Gasteiger partial charge >= 0.3 is 6.03 Å². The third kappa shape index (κ3) is 4.47. The molecule has 5 nitrogen and oxygen atoms in total. The van der Waals surface area contributed by atoms with E-state index in [0.717, 1.165) is 18.4 Å². The van der Waals surface area contributed by atoms with Gasteiger partial charge in [-0.1, -0.05) is 36.8 Å². The molecule has 0 saturated heterocycles. The summed E-state index contributed by atoms with van der Waals surface area (Å²) in [5.74, 6) is 0.398. The number of nitrogens with one attached hydrogen (secondary N) is 2. The molecule has 0 bridgehead atoms.